The van der Waals surface area contributed by atoms with E-state index in [-0.39, 0.29) is 11.3 Å². The molecule has 0 aliphatic rings. The quantitative estimate of drug-likeness (QED) is 0.758. The lowest BCUT2D eigenvalue weighted by molar-refractivity contribution is -0.123. The third kappa shape index (κ3) is 4.41. The summed E-state index contributed by atoms with van der Waals surface area (Å²) in [5.74, 6) is -0.0456. The van der Waals surface area contributed by atoms with Gasteiger partial charge in [-0.05, 0) is 37.6 Å². The fourth-order valence-electron chi connectivity index (χ4n) is 3.21. The Morgan fingerprint density at radius 3 is 2.40 bits per heavy atom. The van der Waals surface area contributed by atoms with Gasteiger partial charge in [0.15, 0.2) is 0 Å². The summed E-state index contributed by atoms with van der Waals surface area (Å²) in [5, 5.41) is 11.1. The number of nitrogens with zero attached hydrogens (tertiary/aromatic N) is 2. The molecule has 0 bridgehead atoms. The van der Waals surface area contributed by atoms with Gasteiger partial charge in [-0.3, -0.25) is 9.48 Å². The normalized spacial score (nSPS) is 12.8. The average Bonchev–Trinajstić information content (AvgIpc) is 3.04. The number of halogens is 1. The number of aromatic nitrogens is 2. The van der Waals surface area contributed by atoms with Crippen LogP contribution >= 0.6 is 11.6 Å². The molecule has 25 heavy (non-hydrogen) atoms. The summed E-state index contributed by atoms with van der Waals surface area (Å²) in [6, 6.07) is 7.51. The van der Waals surface area contributed by atoms with E-state index in [0.717, 1.165) is 23.4 Å². The fraction of sp³-hybridized carbons (Fsp3) is 0.474. The molecule has 5 nitrogen and oxygen atoms in total. The van der Waals surface area contributed by atoms with Crippen LogP contribution in [0, 0.1) is 0 Å². The van der Waals surface area contributed by atoms with Crippen LogP contribution in [-0.4, -0.2) is 29.3 Å². The number of carbonyl (C=O) groups is 1. The molecule has 0 aliphatic carbocycles. The van der Waals surface area contributed by atoms with E-state index in [1.807, 2.05) is 25.4 Å². The second kappa shape index (κ2) is 8.50. The van der Waals surface area contributed by atoms with Crippen molar-refractivity contribution in [2.75, 3.05) is 13.6 Å². The molecular weight excluding hydrogens is 336 g/mol. The van der Waals surface area contributed by atoms with Gasteiger partial charge in [0.25, 0.3) is 0 Å². The maximum atomic E-state index is 12.7. The first-order chi connectivity index (χ1) is 12.0. The van der Waals surface area contributed by atoms with E-state index in [1.165, 1.54) is 5.56 Å². The lowest BCUT2D eigenvalue weighted by Gasteiger charge is -2.33. The predicted octanol–water partition coefficient (Wildman–Crippen LogP) is 3.21. The average molecular weight is 363 g/mol. The van der Waals surface area contributed by atoms with Crippen molar-refractivity contribution in [3.8, 4) is 0 Å². The third-order valence-corrected chi connectivity index (χ3v) is 5.27. The van der Waals surface area contributed by atoms with Crippen LogP contribution in [0.3, 0.4) is 0 Å². The Hall–Kier alpha value is -1.85. The molecule has 6 heteroatoms. The van der Waals surface area contributed by atoms with Gasteiger partial charge in [-0.2, -0.15) is 5.10 Å². The molecule has 1 unspecified atom stereocenters. The van der Waals surface area contributed by atoms with Crippen molar-refractivity contribution in [3.63, 3.8) is 0 Å². The minimum atomic E-state index is -0.412. The first-order valence-corrected chi connectivity index (χ1v) is 9.03. The summed E-state index contributed by atoms with van der Waals surface area (Å²) in [7, 11) is 3.62. The van der Waals surface area contributed by atoms with Gasteiger partial charge in [-0.15, -0.1) is 0 Å². The number of nitrogens with one attached hydrogen (secondary N) is 2. The molecule has 0 fully saturated rings. The summed E-state index contributed by atoms with van der Waals surface area (Å²) in [6.45, 7) is 4.89. The summed E-state index contributed by atoms with van der Waals surface area (Å²) < 4.78 is 1.70. The summed E-state index contributed by atoms with van der Waals surface area (Å²) in [6.07, 6.45) is 5.44. The van der Waals surface area contributed by atoms with Gasteiger partial charge in [0.2, 0.25) is 5.91 Å². The first kappa shape index (κ1) is 19.5. The fourth-order valence-corrected chi connectivity index (χ4v) is 3.34. The maximum absolute atomic E-state index is 12.7. The summed E-state index contributed by atoms with van der Waals surface area (Å²) >= 11 is 6.02. The highest BCUT2D eigenvalue weighted by Gasteiger charge is 2.30. The van der Waals surface area contributed by atoms with Gasteiger partial charge in [-0.1, -0.05) is 37.6 Å². The Morgan fingerprint density at radius 1 is 1.28 bits per heavy atom. The second-order valence-electron chi connectivity index (χ2n) is 6.38. The van der Waals surface area contributed by atoms with E-state index in [4.69, 9.17) is 11.6 Å². The molecule has 1 amide bonds. The van der Waals surface area contributed by atoms with Crippen molar-refractivity contribution in [1.29, 1.82) is 0 Å². The molecule has 1 aromatic carbocycles. The van der Waals surface area contributed by atoms with Gasteiger partial charge in [0.05, 0.1) is 6.20 Å². The highest BCUT2D eigenvalue weighted by Crippen LogP contribution is 2.32. The topological polar surface area (TPSA) is 59.0 Å². The van der Waals surface area contributed by atoms with Gasteiger partial charge >= 0.3 is 0 Å². The van der Waals surface area contributed by atoms with Crippen LogP contribution < -0.4 is 10.6 Å². The minimum Gasteiger partial charge on any atom is -0.354 e. The largest absolute Gasteiger partial charge is 0.354 e. The van der Waals surface area contributed by atoms with Crippen molar-refractivity contribution in [1.82, 2.24) is 20.4 Å². The molecule has 2 aromatic rings. The van der Waals surface area contributed by atoms with Gasteiger partial charge in [-0.25, -0.2) is 0 Å². The van der Waals surface area contributed by atoms with Crippen molar-refractivity contribution in [2.45, 2.75) is 38.1 Å². The third-order valence-electron chi connectivity index (χ3n) is 5.02. The van der Waals surface area contributed by atoms with Crippen LogP contribution in [0.1, 0.15) is 43.9 Å². The van der Waals surface area contributed by atoms with E-state index in [9.17, 15) is 4.79 Å². The van der Waals surface area contributed by atoms with Crippen LogP contribution in [0.5, 0.6) is 0 Å². The molecule has 1 aromatic heterocycles. The van der Waals surface area contributed by atoms with Crippen LogP contribution in [0.25, 0.3) is 0 Å². The van der Waals surface area contributed by atoms with Gasteiger partial charge < -0.3 is 10.6 Å². The number of hydrogen-bond acceptors (Lipinski definition) is 3. The monoisotopic (exact) mass is 362 g/mol. The molecule has 1 heterocycles. The number of carbonyl (C=O) groups excluding carboxylic acids is 1. The number of hydrogen-bond donors (Lipinski definition) is 2. The highest BCUT2D eigenvalue weighted by molar-refractivity contribution is 6.30. The molecule has 0 aliphatic heterocycles. The van der Waals surface area contributed by atoms with Crippen LogP contribution in [0.4, 0.5) is 0 Å². The van der Waals surface area contributed by atoms with Gasteiger partial charge in [0.1, 0.15) is 6.04 Å². The van der Waals surface area contributed by atoms with Crippen molar-refractivity contribution >= 4 is 17.5 Å². The van der Waals surface area contributed by atoms with Gasteiger partial charge in [0, 0.05) is 35.8 Å². The molecule has 1 atom stereocenters. The number of benzene rings is 1. The zero-order valence-electron chi connectivity index (χ0n) is 15.3. The molecule has 136 valence electrons. The Labute approximate surface area is 154 Å². The number of amides is 1. The lowest BCUT2D eigenvalue weighted by atomic mass is 9.75. The van der Waals surface area contributed by atoms with Crippen molar-refractivity contribution < 1.29 is 4.79 Å². The van der Waals surface area contributed by atoms with Crippen LogP contribution in [-0.2, 0) is 17.3 Å². The molecule has 0 saturated heterocycles. The predicted molar refractivity (Wildman–Crippen MR) is 102 cm³/mol. The van der Waals surface area contributed by atoms with Crippen LogP contribution in [0.2, 0.25) is 5.02 Å². The van der Waals surface area contributed by atoms with Crippen molar-refractivity contribution in [2.24, 2.45) is 7.05 Å². The highest BCUT2D eigenvalue weighted by atomic mass is 35.5. The number of rotatable bonds is 8. The number of likely N-dealkylation sites (N-methyl/N-ethyl adjacent to an activating group) is 1. The molecule has 2 rings (SSSR count). The smallest absolute Gasteiger partial charge is 0.241 e. The Kier molecular flexibility index (Phi) is 6.62. The lowest BCUT2D eigenvalue weighted by Crippen LogP contribution is -2.44. The summed E-state index contributed by atoms with van der Waals surface area (Å²) in [5.41, 5.74) is 1.95. The van der Waals surface area contributed by atoms with E-state index < -0.39 is 6.04 Å². The minimum absolute atomic E-state index is 0.0456. The van der Waals surface area contributed by atoms with E-state index in [1.54, 1.807) is 17.9 Å². The zero-order chi connectivity index (χ0) is 18.4. The Morgan fingerprint density at radius 2 is 1.92 bits per heavy atom. The van der Waals surface area contributed by atoms with Crippen LogP contribution in [0.15, 0.2) is 36.7 Å². The SMILES string of the molecule is CCC(CC)(CNC(=O)C(NC)c1cnn(C)c1)c1ccc(Cl)cc1. The van der Waals surface area contributed by atoms with Crippen molar-refractivity contribution in [3.05, 3.63) is 52.8 Å². The van der Waals surface area contributed by atoms with E-state index >= 15 is 0 Å². The Balaban J connectivity index is 2.14. The molecular formula is C19H27ClN4O. The molecule has 0 saturated carbocycles. The Bertz CT molecular complexity index is 692. The summed E-state index contributed by atoms with van der Waals surface area (Å²) in [4.78, 5) is 12.7. The first-order valence-electron chi connectivity index (χ1n) is 8.65. The van der Waals surface area contributed by atoms with E-state index in [2.05, 4.69) is 41.7 Å². The molecule has 0 spiro atoms. The standard InChI is InChI=1S/C19H27ClN4O/c1-5-19(6-2,15-7-9-16(20)10-8-15)13-22-18(25)17(21-3)14-11-23-24(4)12-14/h7-12,17,21H,5-6,13H2,1-4H3,(H,22,25). The second-order valence-corrected chi connectivity index (χ2v) is 6.82. The maximum Gasteiger partial charge on any atom is 0.241 e. The number of aryl methyl sites for hydroxylation is 1. The van der Waals surface area contributed by atoms with E-state index in [0.29, 0.717) is 6.54 Å². The zero-order valence-corrected chi connectivity index (χ0v) is 16.1. The molecule has 2 N–H and O–H groups in total. The molecule has 0 radical (unpaired) electrons.